The Kier molecular flexibility index (Phi) is 7.00. The number of hydrogen-bond acceptors (Lipinski definition) is 3. The van der Waals surface area contributed by atoms with E-state index in [0.717, 1.165) is 30.1 Å². The van der Waals surface area contributed by atoms with Crippen LogP contribution in [0.3, 0.4) is 0 Å². The Labute approximate surface area is 118 Å². The molecule has 0 aromatic carbocycles. The lowest BCUT2D eigenvalue weighted by Gasteiger charge is -2.21. The molecule has 1 aromatic rings. The van der Waals surface area contributed by atoms with Crippen molar-refractivity contribution in [1.82, 2.24) is 10.2 Å². The van der Waals surface area contributed by atoms with Gasteiger partial charge in [0.15, 0.2) is 0 Å². The van der Waals surface area contributed by atoms with Crippen molar-refractivity contribution in [3.8, 4) is 0 Å². The molecule has 1 heterocycles. The number of hydrogen-bond donors (Lipinski definition) is 1. The van der Waals surface area contributed by atoms with E-state index in [4.69, 9.17) is 5.73 Å². The van der Waals surface area contributed by atoms with Gasteiger partial charge in [-0.3, -0.25) is 0 Å². The molecule has 1 aromatic heterocycles. The van der Waals surface area contributed by atoms with Gasteiger partial charge in [0.2, 0.25) is 0 Å². The van der Waals surface area contributed by atoms with Crippen molar-refractivity contribution in [3.63, 3.8) is 0 Å². The van der Waals surface area contributed by atoms with E-state index in [2.05, 4.69) is 37.0 Å². The highest BCUT2D eigenvalue weighted by Crippen LogP contribution is 2.26. The predicted molar refractivity (Wildman–Crippen MR) is 81.0 cm³/mol. The van der Waals surface area contributed by atoms with Crippen LogP contribution in [0, 0.1) is 12.8 Å². The Morgan fingerprint density at radius 2 is 1.95 bits per heavy atom. The highest BCUT2D eigenvalue weighted by molar-refractivity contribution is 5.24. The van der Waals surface area contributed by atoms with Crippen LogP contribution in [0.1, 0.15) is 75.9 Å². The van der Waals surface area contributed by atoms with E-state index in [9.17, 15) is 0 Å². The van der Waals surface area contributed by atoms with Crippen molar-refractivity contribution in [3.05, 3.63) is 23.0 Å². The molecule has 2 N–H and O–H groups in total. The molecule has 0 radical (unpaired) electrons. The third kappa shape index (κ3) is 4.90. The molecule has 3 nitrogen and oxygen atoms in total. The quantitative estimate of drug-likeness (QED) is 0.772. The molecule has 0 aliphatic rings. The molecular formula is C16H29N3. The average molecular weight is 263 g/mol. The summed E-state index contributed by atoms with van der Waals surface area (Å²) in [6.07, 6.45) is 7.05. The number of aromatic nitrogens is 2. The lowest BCUT2D eigenvalue weighted by Crippen LogP contribution is -2.18. The van der Waals surface area contributed by atoms with Gasteiger partial charge < -0.3 is 5.73 Å². The second-order valence-electron chi connectivity index (χ2n) is 5.50. The van der Waals surface area contributed by atoms with E-state index in [1.807, 2.05) is 6.92 Å². The van der Waals surface area contributed by atoms with Crippen molar-refractivity contribution < 1.29 is 0 Å². The van der Waals surface area contributed by atoms with Crippen molar-refractivity contribution in [1.29, 1.82) is 0 Å². The van der Waals surface area contributed by atoms with Gasteiger partial charge in [-0.1, -0.05) is 46.5 Å². The molecule has 2 unspecified atom stereocenters. The van der Waals surface area contributed by atoms with E-state index in [1.54, 1.807) is 0 Å². The van der Waals surface area contributed by atoms with Crippen LogP contribution in [0.25, 0.3) is 0 Å². The SMILES string of the molecule is CCCCC(CC)CC(N)c1cc(C)nnc1CC. The predicted octanol–water partition coefficient (Wildman–Crippen LogP) is 3.95. The van der Waals surface area contributed by atoms with E-state index in [0.29, 0.717) is 0 Å². The minimum Gasteiger partial charge on any atom is -0.324 e. The molecule has 0 saturated heterocycles. The van der Waals surface area contributed by atoms with Gasteiger partial charge in [-0.05, 0) is 37.3 Å². The first kappa shape index (κ1) is 16.1. The van der Waals surface area contributed by atoms with E-state index in [1.165, 1.54) is 31.2 Å². The molecule has 0 bridgehead atoms. The molecule has 0 amide bonds. The van der Waals surface area contributed by atoms with Gasteiger partial charge in [-0.2, -0.15) is 10.2 Å². The summed E-state index contributed by atoms with van der Waals surface area (Å²) >= 11 is 0. The van der Waals surface area contributed by atoms with Gasteiger partial charge in [-0.25, -0.2) is 0 Å². The number of nitrogens with two attached hydrogens (primary N) is 1. The topological polar surface area (TPSA) is 51.8 Å². The first-order valence-corrected chi connectivity index (χ1v) is 7.70. The summed E-state index contributed by atoms with van der Waals surface area (Å²) in [4.78, 5) is 0. The fraction of sp³-hybridized carbons (Fsp3) is 0.750. The Hall–Kier alpha value is -0.960. The third-order valence-electron chi connectivity index (χ3n) is 3.89. The summed E-state index contributed by atoms with van der Waals surface area (Å²) in [7, 11) is 0. The Morgan fingerprint density at radius 1 is 1.21 bits per heavy atom. The van der Waals surface area contributed by atoms with Gasteiger partial charge in [0, 0.05) is 6.04 Å². The fourth-order valence-electron chi connectivity index (χ4n) is 2.60. The number of nitrogens with zero attached hydrogens (tertiary/aromatic N) is 2. The van der Waals surface area contributed by atoms with Crippen molar-refractivity contribution >= 4 is 0 Å². The average Bonchev–Trinajstić information content (AvgIpc) is 2.43. The summed E-state index contributed by atoms with van der Waals surface area (Å²) in [6.45, 7) is 8.61. The van der Waals surface area contributed by atoms with Crippen LogP contribution in [0.5, 0.6) is 0 Å². The minimum atomic E-state index is 0.103. The molecule has 108 valence electrons. The molecule has 0 fully saturated rings. The van der Waals surface area contributed by atoms with Crippen LogP contribution < -0.4 is 5.73 Å². The molecule has 0 aliphatic heterocycles. The Bertz CT molecular complexity index is 376. The second-order valence-corrected chi connectivity index (χ2v) is 5.50. The maximum Gasteiger partial charge on any atom is 0.0676 e. The Morgan fingerprint density at radius 3 is 2.53 bits per heavy atom. The molecular weight excluding hydrogens is 234 g/mol. The largest absolute Gasteiger partial charge is 0.324 e. The van der Waals surface area contributed by atoms with Crippen LogP contribution in [-0.2, 0) is 6.42 Å². The number of rotatable bonds is 8. The van der Waals surface area contributed by atoms with Gasteiger partial charge >= 0.3 is 0 Å². The second kappa shape index (κ2) is 8.26. The zero-order chi connectivity index (χ0) is 14.3. The fourth-order valence-corrected chi connectivity index (χ4v) is 2.60. The first-order chi connectivity index (χ1) is 9.12. The zero-order valence-electron chi connectivity index (χ0n) is 12.9. The Balaban J connectivity index is 2.75. The van der Waals surface area contributed by atoms with Crippen LogP contribution >= 0.6 is 0 Å². The normalized spacial score (nSPS) is 14.4. The highest BCUT2D eigenvalue weighted by atomic mass is 15.1. The van der Waals surface area contributed by atoms with E-state index < -0.39 is 0 Å². The lowest BCUT2D eigenvalue weighted by atomic mass is 9.89. The number of unbranched alkanes of at least 4 members (excludes halogenated alkanes) is 1. The molecule has 0 saturated carbocycles. The van der Waals surface area contributed by atoms with Crippen molar-refractivity contribution in [2.45, 2.75) is 72.3 Å². The third-order valence-corrected chi connectivity index (χ3v) is 3.89. The van der Waals surface area contributed by atoms with Crippen LogP contribution in [0.2, 0.25) is 0 Å². The number of aryl methyl sites for hydroxylation is 2. The summed E-state index contributed by atoms with van der Waals surface area (Å²) in [5.74, 6) is 0.730. The minimum absolute atomic E-state index is 0.103. The summed E-state index contributed by atoms with van der Waals surface area (Å²) in [5.41, 5.74) is 9.64. The van der Waals surface area contributed by atoms with Crippen LogP contribution in [-0.4, -0.2) is 10.2 Å². The van der Waals surface area contributed by atoms with Crippen molar-refractivity contribution in [2.75, 3.05) is 0 Å². The van der Waals surface area contributed by atoms with Gasteiger partial charge in [0.05, 0.1) is 11.4 Å². The lowest BCUT2D eigenvalue weighted by molar-refractivity contribution is 0.387. The summed E-state index contributed by atoms with van der Waals surface area (Å²) in [5, 5.41) is 8.42. The van der Waals surface area contributed by atoms with Gasteiger partial charge in [-0.15, -0.1) is 0 Å². The molecule has 2 atom stereocenters. The molecule has 1 rings (SSSR count). The summed E-state index contributed by atoms with van der Waals surface area (Å²) in [6, 6.07) is 2.22. The standard InChI is InChI=1S/C16H29N3/c1-5-8-9-13(6-2)11-15(17)14-10-12(4)18-19-16(14)7-3/h10,13,15H,5-9,11,17H2,1-4H3. The molecule has 3 heteroatoms. The monoisotopic (exact) mass is 263 g/mol. The van der Waals surface area contributed by atoms with Gasteiger partial charge in [0.25, 0.3) is 0 Å². The van der Waals surface area contributed by atoms with Gasteiger partial charge in [0.1, 0.15) is 0 Å². The van der Waals surface area contributed by atoms with E-state index >= 15 is 0 Å². The molecule has 19 heavy (non-hydrogen) atoms. The van der Waals surface area contributed by atoms with E-state index in [-0.39, 0.29) is 6.04 Å². The first-order valence-electron chi connectivity index (χ1n) is 7.70. The highest BCUT2D eigenvalue weighted by Gasteiger charge is 2.17. The molecule has 0 aliphatic carbocycles. The van der Waals surface area contributed by atoms with Crippen LogP contribution in [0.4, 0.5) is 0 Å². The zero-order valence-corrected chi connectivity index (χ0v) is 12.9. The molecule has 0 spiro atoms. The maximum absolute atomic E-state index is 6.42. The summed E-state index contributed by atoms with van der Waals surface area (Å²) < 4.78 is 0. The van der Waals surface area contributed by atoms with Crippen molar-refractivity contribution in [2.24, 2.45) is 11.7 Å². The smallest absolute Gasteiger partial charge is 0.0676 e. The van der Waals surface area contributed by atoms with Crippen LogP contribution in [0.15, 0.2) is 6.07 Å². The maximum atomic E-state index is 6.42.